The Morgan fingerprint density at radius 2 is 1.62 bits per heavy atom. The highest BCUT2D eigenvalue weighted by Gasteiger charge is 2.29. The Kier molecular flexibility index (Phi) is 11.4. The van der Waals surface area contributed by atoms with Gasteiger partial charge in [0.15, 0.2) is 0 Å². The first kappa shape index (κ1) is 31.0. The zero-order chi connectivity index (χ0) is 29.1. The van der Waals surface area contributed by atoms with Crippen LogP contribution in [0.15, 0.2) is 83.3 Å². The van der Waals surface area contributed by atoms with Gasteiger partial charge >= 0.3 is 12.2 Å². The molecule has 0 saturated carbocycles. The molecular formula is C31H37BrN2O6. The van der Waals surface area contributed by atoms with Crippen LogP contribution in [0.1, 0.15) is 37.5 Å². The molecule has 2 atom stereocenters. The molecule has 214 valence electrons. The molecule has 3 rings (SSSR count). The van der Waals surface area contributed by atoms with Crippen LogP contribution in [0.5, 0.6) is 5.75 Å². The maximum absolute atomic E-state index is 13.2. The van der Waals surface area contributed by atoms with Crippen LogP contribution in [-0.4, -0.2) is 53.6 Å². The first-order valence-corrected chi connectivity index (χ1v) is 13.8. The summed E-state index contributed by atoms with van der Waals surface area (Å²) in [6.45, 7) is 5.52. The monoisotopic (exact) mass is 612 g/mol. The molecule has 3 aromatic carbocycles. The SMILES string of the molecule is COc1cccc(CN(C[C@@H](O)[C@H](Cc2cccc(Br)c2)NC(=O)OCc2ccccc2)C(=O)OC(C)(C)C)c1. The molecule has 8 nitrogen and oxygen atoms in total. The van der Waals surface area contributed by atoms with Crippen molar-refractivity contribution < 1.29 is 28.9 Å². The number of aliphatic hydroxyl groups is 1. The molecule has 2 N–H and O–H groups in total. The largest absolute Gasteiger partial charge is 0.497 e. The fourth-order valence-electron chi connectivity index (χ4n) is 3.99. The third-order valence-electron chi connectivity index (χ3n) is 5.89. The first-order chi connectivity index (χ1) is 19.0. The molecule has 0 bridgehead atoms. The van der Waals surface area contributed by atoms with Crippen LogP contribution >= 0.6 is 15.9 Å². The maximum Gasteiger partial charge on any atom is 0.410 e. The number of ether oxygens (including phenoxy) is 3. The highest BCUT2D eigenvalue weighted by Crippen LogP contribution is 2.19. The molecule has 0 fully saturated rings. The number of halogens is 1. The van der Waals surface area contributed by atoms with E-state index in [2.05, 4.69) is 21.2 Å². The van der Waals surface area contributed by atoms with E-state index in [0.717, 1.165) is 21.2 Å². The summed E-state index contributed by atoms with van der Waals surface area (Å²) in [5.41, 5.74) is 1.80. The minimum Gasteiger partial charge on any atom is -0.497 e. The van der Waals surface area contributed by atoms with Crippen LogP contribution < -0.4 is 10.1 Å². The van der Waals surface area contributed by atoms with E-state index in [-0.39, 0.29) is 19.7 Å². The van der Waals surface area contributed by atoms with E-state index in [1.54, 1.807) is 27.9 Å². The van der Waals surface area contributed by atoms with Crippen LogP contribution in [0.3, 0.4) is 0 Å². The summed E-state index contributed by atoms with van der Waals surface area (Å²) in [5.74, 6) is 0.651. The fraction of sp³-hybridized carbons (Fsp3) is 0.355. The lowest BCUT2D eigenvalue weighted by molar-refractivity contribution is 0.00807. The van der Waals surface area contributed by atoms with Crippen molar-refractivity contribution in [2.24, 2.45) is 0 Å². The number of benzene rings is 3. The van der Waals surface area contributed by atoms with Gasteiger partial charge in [0, 0.05) is 11.0 Å². The summed E-state index contributed by atoms with van der Waals surface area (Å²) in [5, 5.41) is 14.2. The van der Waals surface area contributed by atoms with E-state index in [0.29, 0.717) is 12.2 Å². The number of carbonyl (C=O) groups is 2. The van der Waals surface area contributed by atoms with Crippen molar-refractivity contribution in [1.29, 1.82) is 0 Å². The van der Waals surface area contributed by atoms with Gasteiger partial charge in [0.1, 0.15) is 18.0 Å². The molecule has 40 heavy (non-hydrogen) atoms. The molecule has 0 aliphatic carbocycles. The van der Waals surface area contributed by atoms with Crippen LogP contribution in [0, 0.1) is 0 Å². The van der Waals surface area contributed by atoms with Crippen molar-refractivity contribution in [2.75, 3.05) is 13.7 Å². The summed E-state index contributed by atoms with van der Waals surface area (Å²) in [7, 11) is 1.57. The third kappa shape index (κ3) is 10.5. The topological polar surface area (TPSA) is 97.3 Å². The summed E-state index contributed by atoms with van der Waals surface area (Å²) < 4.78 is 17.3. The molecule has 0 radical (unpaired) electrons. The molecule has 0 heterocycles. The minimum atomic E-state index is -1.14. The summed E-state index contributed by atoms with van der Waals surface area (Å²) in [4.78, 5) is 27.4. The lowest BCUT2D eigenvalue weighted by Gasteiger charge is -2.32. The average molecular weight is 614 g/mol. The third-order valence-corrected chi connectivity index (χ3v) is 6.39. The zero-order valence-corrected chi connectivity index (χ0v) is 24.9. The van der Waals surface area contributed by atoms with Gasteiger partial charge in [0.05, 0.1) is 25.8 Å². The van der Waals surface area contributed by atoms with Gasteiger partial charge in [-0.1, -0.05) is 70.5 Å². The summed E-state index contributed by atoms with van der Waals surface area (Å²) >= 11 is 3.47. The highest BCUT2D eigenvalue weighted by atomic mass is 79.9. The van der Waals surface area contributed by atoms with Gasteiger partial charge in [0.2, 0.25) is 0 Å². The number of rotatable bonds is 11. The van der Waals surface area contributed by atoms with Crippen LogP contribution in [-0.2, 0) is 29.0 Å². The number of hydrogen-bond acceptors (Lipinski definition) is 6. The predicted molar refractivity (Wildman–Crippen MR) is 157 cm³/mol. The van der Waals surface area contributed by atoms with E-state index in [1.165, 1.54) is 4.90 Å². The van der Waals surface area contributed by atoms with Crippen molar-refractivity contribution in [3.63, 3.8) is 0 Å². The number of hydrogen-bond donors (Lipinski definition) is 2. The van der Waals surface area contributed by atoms with E-state index in [1.807, 2.05) is 78.9 Å². The number of aliphatic hydroxyl groups excluding tert-OH is 1. The normalized spacial score (nSPS) is 12.7. The Morgan fingerprint density at radius 1 is 0.950 bits per heavy atom. The van der Waals surface area contributed by atoms with Crippen molar-refractivity contribution in [3.8, 4) is 5.75 Å². The number of alkyl carbamates (subject to hydrolysis) is 1. The van der Waals surface area contributed by atoms with Crippen molar-refractivity contribution in [3.05, 3.63) is 100 Å². The standard InChI is InChI=1S/C31H37BrN2O6/c1-31(2,3)40-30(37)34(19-24-13-9-15-26(17-24)38-4)20-28(35)27(18-23-12-8-14-25(32)16-23)33-29(36)39-21-22-10-6-5-7-11-22/h5-17,27-28,35H,18-21H2,1-4H3,(H,33,36)/t27-,28+/m0/s1. The number of nitrogens with one attached hydrogen (secondary N) is 1. The van der Waals surface area contributed by atoms with Gasteiger partial charge < -0.3 is 29.5 Å². The maximum atomic E-state index is 13.2. The Morgan fingerprint density at radius 3 is 2.30 bits per heavy atom. The Balaban J connectivity index is 1.80. The zero-order valence-electron chi connectivity index (χ0n) is 23.3. The quantitative estimate of drug-likeness (QED) is 0.272. The Bertz CT molecular complexity index is 1250. The second-order valence-electron chi connectivity index (χ2n) is 10.4. The van der Waals surface area contributed by atoms with Crippen molar-refractivity contribution in [2.45, 2.75) is 58.1 Å². The summed E-state index contributed by atoms with van der Waals surface area (Å²) in [6, 6.07) is 23.5. The smallest absolute Gasteiger partial charge is 0.410 e. The van der Waals surface area contributed by atoms with Crippen molar-refractivity contribution in [1.82, 2.24) is 10.2 Å². The Labute approximate surface area is 244 Å². The molecule has 0 saturated heterocycles. The van der Waals surface area contributed by atoms with Gasteiger partial charge in [-0.15, -0.1) is 0 Å². The molecule has 3 aromatic rings. The molecule has 0 aliphatic rings. The lowest BCUT2D eigenvalue weighted by Crippen LogP contribution is -2.51. The second-order valence-corrected chi connectivity index (χ2v) is 11.3. The Hall–Kier alpha value is -3.56. The van der Waals surface area contributed by atoms with Crippen LogP contribution in [0.4, 0.5) is 9.59 Å². The van der Waals surface area contributed by atoms with Gasteiger partial charge in [0.25, 0.3) is 0 Å². The average Bonchev–Trinajstić information content (AvgIpc) is 2.91. The second kappa shape index (κ2) is 14.7. The number of amides is 2. The van der Waals surface area contributed by atoms with Gasteiger partial charge in [-0.05, 0) is 68.1 Å². The number of nitrogens with zero attached hydrogens (tertiary/aromatic N) is 1. The van der Waals surface area contributed by atoms with Crippen LogP contribution in [0.25, 0.3) is 0 Å². The molecule has 0 aromatic heterocycles. The highest BCUT2D eigenvalue weighted by molar-refractivity contribution is 9.10. The molecular weight excluding hydrogens is 576 g/mol. The van der Waals surface area contributed by atoms with Gasteiger partial charge in [-0.25, -0.2) is 9.59 Å². The van der Waals surface area contributed by atoms with Crippen molar-refractivity contribution >= 4 is 28.1 Å². The van der Waals surface area contributed by atoms with Gasteiger partial charge in [-0.3, -0.25) is 0 Å². The lowest BCUT2D eigenvalue weighted by atomic mass is 10.0. The molecule has 9 heteroatoms. The van der Waals surface area contributed by atoms with Crippen LogP contribution in [0.2, 0.25) is 0 Å². The number of carbonyl (C=O) groups excluding carboxylic acids is 2. The summed E-state index contributed by atoms with van der Waals surface area (Å²) in [6.07, 6.45) is -2.08. The predicted octanol–water partition coefficient (Wildman–Crippen LogP) is 6.09. The van der Waals surface area contributed by atoms with E-state index < -0.39 is 29.9 Å². The molecule has 2 amide bonds. The molecule has 0 aliphatic heterocycles. The van der Waals surface area contributed by atoms with E-state index >= 15 is 0 Å². The van der Waals surface area contributed by atoms with E-state index in [9.17, 15) is 14.7 Å². The molecule has 0 spiro atoms. The number of methoxy groups -OCH3 is 1. The minimum absolute atomic E-state index is 0.0895. The van der Waals surface area contributed by atoms with Gasteiger partial charge in [-0.2, -0.15) is 0 Å². The first-order valence-electron chi connectivity index (χ1n) is 13.0. The fourth-order valence-corrected chi connectivity index (χ4v) is 4.44. The van der Waals surface area contributed by atoms with E-state index in [4.69, 9.17) is 14.2 Å². The molecule has 0 unspecified atom stereocenters.